The Morgan fingerprint density at radius 1 is 1.26 bits per heavy atom. The number of thiophene rings is 1. The van der Waals surface area contributed by atoms with E-state index in [2.05, 4.69) is 10.1 Å². The number of hydrogen-bond acceptors (Lipinski definition) is 9. The van der Waals surface area contributed by atoms with Gasteiger partial charge in [0.15, 0.2) is 6.61 Å². The van der Waals surface area contributed by atoms with Gasteiger partial charge in [-0.2, -0.15) is 5.26 Å². The lowest BCUT2D eigenvalue weighted by atomic mass is 10.1. The van der Waals surface area contributed by atoms with Crippen molar-refractivity contribution in [2.45, 2.75) is 0 Å². The number of non-ortho nitro benzene ring substituents is 1. The molecule has 0 saturated heterocycles. The molecule has 1 aromatic heterocycles. The van der Waals surface area contributed by atoms with E-state index >= 15 is 0 Å². The highest BCUT2D eigenvalue weighted by Crippen LogP contribution is 2.22. The van der Waals surface area contributed by atoms with Crippen LogP contribution in [0.4, 0.5) is 10.7 Å². The quantitative estimate of drug-likeness (QED) is 0.448. The molecule has 0 saturated carbocycles. The van der Waals surface area contributed by atoms with Gasteiger partial charge in [0.1, 0.15) is 11.1 Å². The van der Waals surface area contributed by atoms with Gasteiger partial charge < -0.3 is 14.8 Å². The van der Waals surface area contributed by atoms with Gasteiger partial charge in [-0.15, -0.1) is 11.3 Å². The number of methoxy groups -OCH3 is 1. The SMILES string of the molecule is COC(=O)c1cc(C(=O)OCC(=O)Nc2sccc2C#N)cc([N+](=O)[O-])c1. The van der Waals surface area contributed by atoms with Crippen molar-refractivity contribution in [3.05, 3.63) is 56.5 Å². The molecule has 1 amide bonds. The second-order valence-corrected chi connectivity index (χ2v) is 5.83. The number of esters is 2. The third-order valence-electron chi connectivity index (χ3n) is 3.16. The first-order valence-corrected chi connectivity index (χ1v) is 8.06. The molecule has 10 nitrogen and oxygen atoms in total. The van der Waals surface area contributed by atoms with Gasteiger partial charge in [0.25, 0.3) is 11.6 Å². The van der Waals surface area contributed by atoms with E-state index in [0.29, 0.717) is 5.00 Å². The normalized spacial score (nSPS) is 9.78. The maximum atomic E-state index is 12.1. The van der Waals surface area contributed by atoms with Crippen LogP contribution in [0.25, 0.3) is 0 Å². The summed E-state index contributed by atoms with van der Waals surface area (Å²) in [5.41, 5.74) is -0.737. The topological polar surface area (TPSA) is 149 Å². The molecule has 11 heteroatoms. The highest BCUT2D eigenvalue weighted by Gasteiger charge is 2.20. The summed E-state index contributed by atoms with van der Waals surface area (Å²) in [4.78, 5) is 45.7. The Bertz CT molecular complexity index is 961. The predicted molar refractivity (Wildman–Crippen MR) is 92.4 cm³/mol. The van der Waals surface area contributed by atoms with Crippen molar-refractivity contribution in [3.63, 3.8) is 0 Å². The number of nitrogens with one attached hydrogen (secondary N) is 1. The van der Waals surface area contributed by atoms with Gasteiger partial charge in [0.2, 0.25) is 0 Å². The average Bonchev–Trinajstić information content (AvgIpc) is 3.11. The van der Waals surface area contributed by atoms with Crippen molar-refractivity contribution >= 4 is 39.9 Å². The Balaban J connectivity index is 2.10. The summed E-state index contributed by atoms with van der Waals surface area (Å²) in [5.74, 6) is -2.60. The zero-order valence-electron chi connectivity index (χ0n) is 13.8. The predicted octanol–water partition coefficient (Wildman–Crippen LogP) is 2.11. The van der Waals surface area contributed by atoms with E-state index < -0.39 is 35.1 Å². The van der Waals surface area contributed by atoms with Gasteiger partial charge >= 0.3 is 11.9 Å². The number of carbonyl (C=O) groups is 3. The van der Waals surface area contributed by atoms with E-state index in [-0.39, 0.29) is 16.7 Å². The van der Waals surface area contributed by atoms with E-state index in [1.54, 1.807) is 5.38 Å². The first-order chi connectivity index (χ1) is 12.8. The number of hydrogen-bond donors (Lipinski definition) is 1. The standard InChI is InChI=1S/C16H11N3O7S/c1-25-15(21)10-4-11(6-12(5-10)19(23)24)16(22)26-8-13(20)18-14-9(7-17)2-3-27-14/h2-6H,8H2,1H3,(H,18,20). The molecule has 0 unspecified atom stereocenters. The Morgan fingerprint density at radius 3 is 2.52 bits per heavy atom. The zero-order valence-corrected chi connectivity index (χ0v) is 14.6. The van der Waals surface area contributed by atoms with E-state index in [1.807, 2.05) is 6.07 Å². The number of ether oxygens (including phenoxy) is 2. The summed E-state index contributed by atoms with van der Waals surface area (Å²) >= 11 is 1.12. The highest BCUT2D eigenvalue weighted by atomic mass is 32.1. The van der Waals surface area contributed by atoms with Gasteiger partial charge in [-0.1, -0.05) is 0 Å². The van der Waals surface area contributed by atoms with Gasteiger partial charge in [0, 0.05) is 12.1 Å². The molecule has 0 aliphatic heterocycles. The van der Waals surface area contributed by atoms with Crippen molar-refractivity contribution in [2.24, 2.45) is 0 Å². The summed E-state index contributed by atoms with van der Waals surface area (Å²) in [7, 11) is 1.09. The van der Waals surface area contributed by atoms with Crippen LogP contribution in [0.5, 0.6) is 0 Å². The number of amides is 1. The Labute approximate surface area is 156 Å². The van der Waals surface area contributed by atoms with Crippen LogP contribution in [0.3, 0.4) is 0 Å². The summed E-state index contributed by atoms with van der Waals surface area (Å²) < 4.78 is 9.29. The van der Waals surface area contributed by atoms with Crippen LogP contribution in [0.15, 0.2) is 29.6 Å². The fourth-order valence-corrected chi connectivity index (χ4v) is 2.70. The van der Waals surface area contributed by atoms with Gasteiger partial charge in [0.05, 0.1) is 28.7 Å². The lowest BCUT2D eigenvalue weighted by Crippen LogP contribution is -2.21. The first kappa shape index (κ1) is 19.5. The van der Waals surface area contributed by atoms with Crippen molar-refractivity contribution in [2.75, 3.05) is 19.0 Å². The van der Waals surface area contributed by atoms with Gasteiger partial charge in [-0.3, -0.25) is 14.9 Å². The lowest BCUT2D eigenvalue weighted by Gasteiger charge is -2.07. The van der Waals surface area contributed by atoms with Crippen molar-refractivity contribution in [1.29, 1.82) is 5.26 Å². The van der Waals surface area contributed by atoms with E-state index in [1.165, 1.54) is 6.07 Å². The van der Waals surface area contributed by atoms with Crippen molar-refractivity contribution in [3.8, 4) is 6.07 Å². The number of nitriles is 1. The molecule has 0 aliphatic carbocycles. The monoisotopic (exact) mass is 389 g/mol. The molecule has 1 N–H and O–H groups in total. The summed E-state index contributed by atoms with van der Waals surface area (Å²) in [6, 6.07) is 6.34. The maximum Gasteiger partial charge on any atom is 0.338 e. The summed E-state index contributed by atoms with van der Waals surface area (Å²) in [6.07, 6.45) is 0. The largest absolute Gasteiger partial charge is 0.465 e. The van der Waals surface area contributed by atoms with Gasteiger partial charge in [-0.25, -0.2) is 9.59 Å². The third kappa shape index (κ3) is 4.86. The summed E-state index contributed by atoms with van der Waals surface area (Å²) in [5, 5.41) is 24.2. The minimum Gasteiger partial charge on any atom is -0.465 e. The number of nitrogens with zero attached hydrogens (tertiary/aromatic N) is 2. The van der Waals surface area contributed by atoms with Crippen LogP contribution in [0.1, 0.15) is 26.3 Å². The van der Waals surface area contributed by atoms with Gasteiger partial charge in [-0.05, 0) is 17.5 Å². The Kier molecular flexibility index (Phi) is 6.18. The third-order valence-corrected chi connectivity index (χ3v) is 3.99. The fraction of sp³-hybridized carbons (Fsp3) is 0.125. The second kappa shape index (κ2) is 8.54. The first-order valence-electron chi connectivity index (χ1n) is 7.18. The minimum atomic E-state index is -1.04. The molecule has 0 bridgehead atoms. The number of nitro groups is 1. The molecule has 0 spiro atoms. The fourth-order valence-electron chi connectivity index (χ4n) is 1.94. The van der Waals surface area contributed by atoms with Crippen molar-refractivity contribution in [1.82, 2.24) is 0 Å². The maximum absolute atomic E-state index is 12.1. The molecule has 138 valence electrons. The van der Waals surface area contributed by atoms with E-state index in [0.717, 1.165) is 36.6 Å². The smallest absolute Gasteiger partial charge is 0.338 e. The molecule has 2 aromatic rings. The molecular formula is C16H11N3O7S. The minimum absolute atomic E-state index is 0.208. The Hall–Kier alpha value is -3.78. The molecule has 1 heterocycles. The van der Waals surface area contributed by atoms with Crippen LogP contribution in [-0.2, 0) is 14.3 Å². The van der Waals surface area contributed by atoms with Crippen LogP contribution >= 0.6 is 11.3 Å². The van der Waals surface area contributed by atoms with E-state index in [4.69, 9.17) is 10.00 Å². The molecular weight excluding hydrogens is 378 g/mol. The Morgan fingerprint density at radius 2 is 1.93 bits per heavy atom. The molecule has 0 atom stereocenters. The number of carbonyl (C=O) groups excluding carboxylic acids is 3. The average molecular weight is 389 g/mol. The molecule has 1 aromatic carbocycles. The summed E-state index contributed by atoms with van der Waals surface area (Å²) in [6.45, 7) is -0.683. The number of anilines is 1. The zero-order chi connectivity index (χ0) is 20.0. The molecule has 0 radical (unpaired) electrons. The van der Waals surface area contributed by atoms with Crippen molar-refractivity contribution < 1.29 is 28.8 Å². The van der Waals surface area contributed by atoms with Crippen LogP contribution < -0.4 is 5.32 Å². The molecule has 2 rings (SSSR count). The van der Waals surface area contributed by atoms with Crippen LogP contribution in [-0.4, -0.2) is 36.5 Å². The number of nitro benzene ring substituents is 1. The van der Waals surface area contributed by atoms with E-state index in [9.17, 15) is 24.5 Å². The molecule has 27 heavy (non-hydrogen) atoms. The highest BCUT2D eigenvalue weighted by molar-refractivity contribution is 7.14. The lowest BCUT2D eigenvalue weighted by molar-refractivity contribution is -0.384. The van der Waals surface area contributed by atoms with Crippen LogP contribution in [0.2, 0.25) is 0 Å². The number of benzene rings is 1. The second-order valence-electron chi connectivity index (χ2n) is 4.92. The molecule has 0 aliphatic rings. The van der Waals surface area contributed by atoms with Crippen LogP contribution in [0, 0.1) is 21.4 Å². The molecule has 0 fully saturated rings. The number of rotatable bonds is 6.